The molecule has 3 fully saturated rings. The molecule has 2 aliphatic heterocycles. The number of phenolic OH excluding ortho intramolecular Hbond substituents is 1. The summed E-state index contributed by atoms with van der Waals surface area (Å²) in [6.07, 6.45) is 2.01. The van der Waals surface area contributed by atoms with Crippen molar-refractivity contribution < 1.29 is 28.7 Å². The number of alkyl halides is 2. The highest BCUT2D eigenvalue weighted by Crippen LogP contribution is 2.66. The number of hydrogen-bond donors (Lipinski definition) is 1. The minimum Gasteiger partial charge on any atom is -0.507 e. The van der Waals surface area contributed by atoms with E-state index in [-0.39, 0.29) is 42.6 Å². The van der Waals surface area contributed by atoms with E-state index in [4.69, 9.17) is 23.2 Å². The van der Waals surface area contributed by atoms with Crippen LogP contribution in [0.5, 0.6) is 5.75 Å². The number of fused-ring (bicyclic) bond motifs is 5. The van der Waals surface area contributed by atoms with Gasteiger partial charge in [-0.15, -0.1) is 23.2 Å². The molecule has 1 N–H and O–H groups in total. The Morgan fingerprint density at radius 3 is 2.29 bits per heavy atom. The van der Waals surface area contributed by atoms with Crippen molar-refractivity contribution in [3.63, 3.8) is 0 Å². The second-order valence-electron chi connectivity index (χ2n) is 11.4. The summed E-state index contributed by atoms with van der Waals surface area (Å²) in [6, 6.07) is 15.2. The van der Waals surface area contributed by atoms with E-state index >= 15 is 0 Å². The van der Waals surface area contributed by atoms with E-state index in [2.05, 4.69) is 0 Å². The number of benzene rings is 3. The molecule has 10 heteroatoms. The van der Waals surface area contributed by atoms with Crippen molar-refractivity contribution in [2.45, 2.75) is 35.4 Å². The van der Waals surface area contributed by atoms with Gasteiger partial charge in [0.05, 0.1) is 17.5 Å². The molecule has 3 aromatic carbocycles. The number of rotatable bonds is 3. The third kappa shape index (κ3) is 3.28. The summed E-state index contributed by atoms with van der Waals surface area (Å²) in [7, 11) is 0. The highest BCUT2D eigenvalue weighted by Gasteiger charge is 2.76. The summed E-state index contributed by atoms with van der Waals surface area (Å²) < 4.78 is 13.8. The first-order valence-corrected chi connectivity index (χ1v) is 14.6. The van der Waals surface area contributed by atoms with Crippen LogP contribution in [0, 0.1) is 23.6 Å². The van der Waals surface area contributed by atoms with E-state index in [1.165, 1.54) is 23.1 Å². The van der Waals surface area contributed by atoms with E-state index in [1.54, 1.807) is 37.3 Å². The average Bonchev–Trinajstić information content (AvgIpc) is 3.32. The smallest absolute Gasteiger partial charge is 0.258 e. The maximum atomic E-state index is 14.5. The monoisotopic (exact) mass is 606 g/mol. The van der Waals surface area contributed by atoms with Crippen molar-refractivity contribution in [1.29, 1.82) is 0 Å². The Morgan fingerprint density at radius 2 is 1.60 bits per heavy atom. The minimum absolute atomic E-state index is 0.0251. The number of carbonyl (C=O) groups is 4. The van der Waals surface area contributed by atoms with Crippen LogP contribution in [0.15, 0.2) is 72.3 Å². The number of halogens is 3. The first kappa shape index (κ1) is 27.1. The third-order valence-electron chi connectivity index (χ3n) is 9.55. The van der Waals surface area contributed by atoms with Crippen LogP contribution in [0.4, 0.5) is 10.1 Å². The Hall–Kier alpha value is -3.75. The fourth-order valence-corrected chi connectivity index (χ4v) is 8.61. The van der Waals surface area contributed by atoms with Gasteiger partial charge in [-0.05, 0) is 67.0 Å². The molecule has 1 saturated carbocycles. The molecule has 6 atom stereocenters. The second kappa shape index (κ2) is 9.12. The van der Waals surface area contributed by atoms with Gasteiger partial charge in [-0.3, -0.25) is 24.1 Å². The quantitative estimate of drug-likeness (QED) is 0.249. The molecule has 0 radical (unpaired) electrons. The van der Waals surface area contributed by atoms with Crippen LogP contribution in [0.25, 0.3) is 10.8 Å². The van der Waals surface area contributed by atoms with Crippen LogP contribution >= 0.6 is 23.2 Å². The van der Waals surface area contributed by atoms with Crippen molar-refractivity contribution in [3.05, 3.63) is 83.7 Å². The van der Waals surface area contributed by atoms with Crippen LogP contribution < -0.4 is 4.90 Å². The lowest BCUT2D eigenvalue weighted by atomic mass is 9.56. The lowest BCUT2D eigenvalue weighted by Gasteiger charge is -2.51. The molecule has 3 aromatic rings. The van der Waals surface area contributed by atoms with Crippen LogP contribution in [-0.4, -0.2) is 49.9 Å². The van der Waals surface area contributed by atoms with Gasteiger partial charge in [0.25, 0.3) is 11.8 Å². The largest absolute Gasteiger partial charge is 0.507 e. The number of amides is 4. The molecule has 7 nitrogen and oxygen atoms in total. The molecule has 214 valence electrons. The van der Waals surface area contributed by atoms with Crippen molar-refractivity contribution in [2.75, 3.05) is 11.4 Å². The van der Waals surface area contributed by atoms with Gasteiger partial charge in [0.1, 0.15) is 11.6 Å². The van der Waals surface area contributed by atoms with Gasteiger partial charge in [0, 0.05) is 17.8 Å². The Bertz CT molecular complexity index is 1760. The minimum atomic E-state index is -2.04. The van der Waals surface area contributed by atoms with Gasteiger partial charge in [0.2, 0.25) is 11.8 Å². The summed E-state index contributed by atoms with van der Waals surface area (Å²) in [5, 5.41) is 11.8. The number of aromatic hydroxyl groups is 1. The molecular weight excluding hydrogens is 582 g/mol. The Balaban J connectivity index is 1.49. The predicted molar refractivity (Wildman–Crippen MR) is 155 cm³/mol. The van der Waals surface area contributed by atoms with Gasteiger partial charge < -0.3 is 5.11 Å². The van der Waals surface area contributed by atoms with Crippen molar-refractivity contribution in [1.82, 2.24) is 4.90 Å². The predicted octanol–water partition coefficient (Wildman–Crippen LogP) is 5.27. The third-order valence-corrected chi connectivity index (χ3v) is 11.0. The number of nitrogens with zero attached hydrogens (tertiary/aromatic N) is 2. The topological polar surface area (TPSA) is 95.0 Å². The first-order chi connectivity index (χ1) is 20.0. The maximum Gasteiger partial charge on any atom is 0.258 e. The SMILES string of the molecule is CCN1C(=O)[C@H]2[C@H](CC=C3[C@H]2C[C@@]2(Cl)C(=O)N(c4ccc(F)cc4)C(=O)[C@@]2(Cl)[C@H]3c2ccc(O)c3ccccc23)C1=O. The highest BCUT2D eigenvalue weighted by atomic mass is 35.5. The van der Waals surface area contributed by atoms with E-state index in [9.17, 15) is 28.7 Å². The molecule has 7 rings (SSSR count). The number of carbonyl (C=O) groups excluding carboxylic acids is 4. The lowest BCUT2D eigenvalue weighted by molar-refractivity contribution is -0.140. The molecular formula is C32H25Cl2FN2O5. The van der Waals surface area contributed by atoms with Crippen molar-refractivity contribution >= 4 is 63.3 Å². The number of anilines is 1. The average molecular weight is 607 g/mol. The summed E-state index contributed by atoms with van der Waals surface area (Å²) in [6.45, 7) is 1.96. The van der Waals surface area contributed by atoms with Gasteiger partial charge >= 0.3 is 0 Å². The summed E-state index contributed by atoms with van der Waals surface area (Å²) >= 11 is 14.8. The molecule has 0 spiro atoms. The van der Waals surface area contributed by atoms with Crippen LogP contribution in [0.1, 0.15) is 31.2 Å². The van der Waals surface area contributed by atoms with E-state index in [1.807, 2.05) is 6.08 Å². The Labute approximate surface area is 250 Å². The fraction of sp³-hybridized carbons (Fsp3) is 0.312. The number of imide groups is 2. The zero-order valence-corrected chi connectivity index (χ0v) is 23.9. The molecule has 0 bridgehead atoms. The van der Waals surface area contributed by atoms with Crippen molar-refractivity contribution in [3.8, 4) is 5.75 Å². The molecule has 0 unspecified atom stereocenters. The molecule has 0 aromatic heterocycles. The fourth-order valence-electron chi connectivity index (χ4n) is 7.68. The van der Waals surface area contributed by atoms with E-state index < -0.39 is 51.1 Å². The number of hydrogen-bond acceptors (Lipinski definition) is 5. The van der Waals surface area contributed by atoms with Gasteiger partial charge in [-0.1, -0.05) is 42.0 Å². The zero-order chi connectivity index (χ0) is 29.7. The van der Waals surface area contributed by atoms with Crippen LogP contribution in [0.3, 0.4) is 0 Å². The summed E-state index contributed by atoms with van der Waals surface area (Å²) in [4.78, 5) is 53.7. The van der Waals surface area contributed by atoms with Gasteiger partial charge in [0.15, 0.2) is 9.75 Å². The number of phenols is 1. The van der Waals surface area contributed by atoms with Crippen molar-refractivity contribution in [2.24, 2.45) is 17.8 Å². The van der Waals surface area contributed by atoms with E-state index in [0.29, 0.717) is 21.9 Å². The lowest BCUT2D eigenvalue weighted by Crippen LogP contribution is -2.60. The summed E-state index contributed by atoms with van der Waals surface area (Å²) in [5.41, 5.74) is 1.35. The maximum absolute atomic E-state index is 14.5. The van der Waals surface area contributed by atoms with E-state index in [0.717, 1.165) is 17.0 Å². The molecule has 4 aliphatic rings. The first-order valence-electron chi connectivity index (χ1n) is 13.8. The molecule has 4 amide bonds. The highest BCUT2D eigenvalue weighted by molar-refractivity contribution is 6.58. The normalized spacial score (nSPS) is 32.2. The Kier molecular flexibility index (Phi) is 5.89. The van der Waals surface area contributed by atoms with Gasteiger partial charge in [-0.25, -0.2) is 9.29 Å². The molecule has 42 heavy (non-hydrogen) atoms. The van der Waals surface area contributed by atoms with Crippen LogP contribution in [-0.2, 0) is 19.2 Å². The zero-order valence-electron chi connectivity index (χ0n) is 22.4. The number of allylic oxidation sites excluding steroid dienone is 2. The molecule has 2 saturated heterocycles. The van der Waals surface area contributed by atoms with Crippen LogP contribution in [0.2, 0.25) is 0 Å². The van der Waals surface area contributed by atoms with Gasteiger partial charge in [-0.2, -0.15) is 0 Å². The standard InChI is InChI=1S/C32H25Cl2FN2O5/c1-2-36-27(39)22-12-11-21-23(25(22)28(36)40)15-31(33)29(41)37(17-9-7-16(35)8-10-17)30(42)32(31,34)26(21)20-13-14-24(38)19-6-4-3-5-18(19)20/h3-11,13-14,22-23,25-26,38H,2,12,15H2,1H3/t22-,23+,25-,26-,31+,32-/m0/s1. The summed E-state index contributed by atoms with van der Waals surface area (Å²) in [5.74, 6) is -5.64. The Morgan fingerprint density at radius 1 is 0.905 bits per heavy atom. The molecule has 2 heterocycles. The second-order valence-corrected chi connectivity index (χ2v) is 12.6. The number of likely N-dealkylation sites (tertiary alicyclic amines) is 1. The molecule has 2 aliphatic carbocycles.